The van der Waals surface area contributed by atoms with E-state index in [4.69, 9.17) is 9.47 Å². The molecule has 336 valence electrons. The number of ether oxygens (including phenoxy) is 3. The van der Waals surface area contributed by atoms with Gasteiger partial charge < -0.3 is 24.0 Å². The van der Waals surface area contributed by atoms with Gasteiger partial charge in [-0.15, -0.1) is 23.5 Å². The molecule has 2 unspecified atom stereocenters. The Labute approximate surface area is 376 Å². The molecule has 0 bridgehead atoms. The van der Waals surface area contributed by atoms with Crippen molar-refractivity contribution in [2.45, 2.75) is 73.0 Å². The molecule has 0 aromatic heterocycles. The maximum absolute atomic E-state index is 15.2. The normalized spacial score (nSPS) is 20.8. The number of esters is 2. The van der Waals surface area contributed by atoms with Gasteiger partial charge in [-0.1, -0.05) is 76.9 Å². The second kappa shape index (κ2) is 19.5. The van der Waals surface area contributed by atoms with Gasteiger partial charge in [-0.25, -0.2) is 26.4 Å². The first-order valence-corrected chi connectivity index (χ1v) is 26.0. The number of hydrogen-bond donors (Lipinski definition) is 0. The Hall–Kier alpha value is -4.84. The van der Waals surface area contributed by atoms with Crippen LogP contribution in [-0.2, 0) is 34.0 Å². The number of carbonyl (C=O) groups excluding carboxylic acids is 2. The van der Waals surface area contributed by atoms with Crippen LogP contribution in [0.1, 0.15) is 53.4 Å². The molecular formula is C46H50F2N2O9S4. The number of para-hydroxylation sites is 2. The van der Waals surface area contributed by atoms with Crippen molar-refractivity contribution in [2.75, 3.05) is 46.9 Å². The third-order valence-electron chi connectivity index (χ3n) is 10.9. The molecule has 0 saturated carbocycles. The molecule has 2 heterocycles. The summed E-state index contributed by atoms with van der Waals surface area (Å²) >= 11 is 2.39. The second-order valence-electron chi connectivity index (χ2n) is 16.3. The van der Waals surface area contributed by atoms with E-state index in [1.165, 1.54) is 35.7 Å². The molecule has 0 radical (unpaired) electrons. The largest absolute Gasteiger partial charge is 0.460 e. The molecule has 0 saturated heterocycles. The highest BCUT2D eigenvalue weighted by atomic mass is 32.2. The van der Waals surface area contributed by atoms with Crippen molar-refractivity contribution in [3.63, 3.8) is 0 Å². The van der Waals surface area contributed by atoms with Crippen LogP contribution < -0.4 is 19.3 Å². The summed E-state index contributed by atoms with van der Waals surface area (Å²) in [5.74, 6) is -7.69. The first-order chi connectivity index (χ1) is 29.9. The summed E-state index contributed by atoms with van der Waals surface area (Å²) in [6, 6.07) is 24.5. The molecule has 0 N–H and O–H groups in total. The summed E-state index contributed by atoms with van der Waals surface area (Å²) in [5, 5.41) is 0. The molecule has 63 heavy (non-hydrogen) atoms. The number of thioether (sulfide) groups is 2. The molecule has 0 spiro atoms. The Morgan fingerprint density at radius 2 is 1.02 bits per heavy atom. The lowest BCUT2D eigenvalue weighted by molar-refractivity contribution is -0.156. The average molecular weight is 941 g/mol. The zero-order chi connectivity index (χ0) is 45.7. The fourth-order valence-electron chi connectivity index (χ4n) is 8.28. The highest BCUT2D eigenvalue weighted by Gasteiger charge is 2.41. The molecule has 0 aliphatic carbocycles. The van der Waals surface area contributed by atoms with Gasteiger partial charge >= 0.3 is 11.9 Å². The van der Waals surface area contributed by atoms with Gasteiger partial charge in [-0.3, -0.25) is 0 Å². The molecule has 11 nitrogen and oxygen atoms in total. The first-order valence-electron chi connectivity index (χ1n) is 20.2. The molecule has 6 rings (SSSR count). The third kappa shape index (κ3) is 10.8. The quantitative estimate of drug-likeness (QED) is 0.0390. The summed E-state index contributed by atoms with van der Waals surface area (Å²) in [6.45, 7) is 8.68. The Bertz CT molecular complexity index is 2470. The predicted molar refractivity (Wildman–Crippen MR) is 244 cm³/mol. The number of fused-ring (bicyclic) bond motifs is 2. The topological polar surface area (TPSA) is 137 Å². The lowest BCUT2D eigenvalue weighted by Crippen LogP contribution is -2.35. The highest BCUT2D eigenvalue weighted by Crippen LogP contribution is 2.48. The minimum atomic E-state index is -3.92. The molecule has 17 heteroatoms. The molecule has 2 atom stereocenters. The van der Waals surface area contributed by atoms with Gasteiger partial charge in [0.1, 0.15) is 24.0 Å². The van der Waals surface area contributed by atoms with E-state index >= 15 is 8.78 Å². The van der Waals surface area contributed by atoms with E-state index < -0.39 is 54.1 Å². The Morgan fingerprint density at radius 3 is 1.35 bits per heavy atom. The Morgan fingerprint density at radius 1 is 0.651 bits per heavy atom. The predicted octanol–water partition coefficient (Wildman–Crippen LogP) is 10.7. The van der Waals surface area contributed by atoms with Crippen molar-refractivity contribution in [3.05, 3.63) is 109 Å². The van der Waals surface area contributed by atoms with E-state index in [2.05, 4.69) is 4.74 Å². The smallest absolute Gasteiger partial charge is 0.378 e. The van der Waals surface area contributed by atoms with Gasteiger partial charge in [0.25, 0.3) is 0 Å². The minimum absolute atomic E-state index is 0.0436. The van der Waals surface area contributed by atoms with Crippen LogP contribution >= 0.6 is 23.5 Å². The third-order valence-corrected chi connectivity index (χ3v) is 16.6. The first kappa shape index (κ1) is 47.6. The zero-order valence-electron chi connectivity index (χ0n) is 35.9. The molecule has 0 fully saturated rings. The number of benzene rings is 4. The molecular weight excluding hydrogens is 891 g/mol. The lowest BCUT2D eigenvalue weighted by atomic mass is 9.87. The fraction of sp³-hybridized carbons (Fsp3) is 0.348. The summed E-state index contributed by atoms with van der Waals surface area (Å²) in [5.41, 5.74) is 1.17. The van der Waals surface area contributed by atoms with Gasteiger partial charge in [0, 0.05) is 36.6 Å². The number of anilines is 4. The van der Waals surface area contributed by atoms with Crippen molar-refractivity contribution in [1.29, 1.82) is 0 Å². The van der Waals surface area contributed by atoms with Gasteiger partial charge in [0.15, 0.2) is 19.7 Å². The van der Waals surface area contributed by atoms with Crippen molar-refractivity contribution >= 4 is 77.9 Å². The second-order valence-corrected chi connectivity index (χ2v) is 21.9. The van der Waals surface area contributed by atoms with E-state index in [-0.39, 0.29) is 32.8 Å². The van der Waals surface area contributed by atoms with Crippen molar-refractivity contribution in [2.24, 2.45) is 10.8 Å². The summed E-state index contributed by atoms with van der Waals surface area (Å²) < 4.78 is 102. The highest BCUT2D eigenvalue weighted by molar-refractivity contribution is 7.99. The number of nitrogens with zero attached hydrogens (tertiary/aromatic N) is 2. The van der Waals surface area contributed by atoms with Crippen LogP contribution in [0.5, 0.6) is 11.5 Å². The number of carbonyl (C=O) groups is 2. The standard InChI is InChI=1S/C46H50F2N2O9S4/c1-7-19-45(3)27-49(31-15-11-9-12-16-31)35-21-39(60-5)37(23-41(35)62(53,54)29-45)57-25-33(47)43(51)59-44(52)34(48)26-58-38-24-42-36(22-40(38)61-6)50(32-17-13-10-14-18-32)28-46(4,20-8-2)30-63(42,55)56/h9-18,21-26H,7-8,19-20,27-30H2,1-6H3/b33-25-,34-26-. The van der Waals surface area contributed by atoms with Crippen LogP contribution in [0.3, 0.4) is 0 Å². The summed E-state index contributed by atoms with van der Waals surface area (Å²) in [6.07, 6.45) is 6.93. The molecule has 4 aromatic carbocycles. The molecule has 4 aromatic rings. The van der Waals surface area contributed by atoms with Crippen molar-refractivity contribution in [3.8, 4) is 11.5 Å². The summed E-state index contributed by atoms with van der Waals surface area (Å²) in [4.78, 5) is 29.9. The fourth-order valence-corrected chi connectivity index (χ4v) is 13.5. The van der Waals surface area contributed by atoms with Crippen LogP contribution in [0, 0.1) is 10.8 Å². The van der Waals surface area contributed by atoms with Crippen LogP contribution in [0.4, 0.5) is 31.5 Å². The van der Waals surface area contributed by atoms with Crippen LogP contribution in [0.15, 0.2) is 129 Å². The van der Waals surface area contributed by atoms with Crippen LogP contribution in [0.25, 0.3) is 0 Å². The number of halogens is 2. The minimum Gasteiger partial charge on any atom is -0.460 e. The van der Waals surface area contributed by atoms with Gasteiger partial charge in [0.2, 0.25) is 11.7 Å². The van der Waals surface area contributed by atoms with E-state index in [1.807, 2.05) is 98.2 Å². The van der Waals surface area contributed by atoms with Crippen molar-refractivity contribution < 1.29 is 49.4 Å². The Kier molecular flexibility index (Phi) is 14.7. The maximum Gasteiger partial charge on any atom is 0.378 e. The number of sulfone groups is 2. The van der Waals surface area contributed by atoms with E-state index in [0.29, 0.717) is 59.6 Å². The molecule has 2 aliphatic heterocycles. The SMILES string of the molecule is CCCC1(C)CN(c2ccccc2)c2cc(SC)c(O/C=C(\F)C(=O)OC(=O)/C(F)=C/Oc3cc4c(cc3SC)N(c3ccccc3)CC(C)(CCC)CS4(=O)=O)cc2S(=O)(=O)C1. The van der Waals surface area contributed by atoms with E-state index in [9.17, 15) is 26.4 Å². The van der Waals surface area contributed by atoms with E-state index in [0.717, 1.165) is 24.2 Å². The summed E-state index contributed by atoms with van der Waals surface area (Å²) in [7, 11) is -7.83. The van der Waals surface area contributed by atoms with Gasteiger partial charge in [0.05, 0.1) is 42.5 Å². The number of hydrogen-bond acceptors (Lipinski definition) is 13. The van der Waals surface area contributed by atoms with Crippen LogP contribution in [-0.4, -0.2) is 65.9 Å². The Balaban J connectivity index is 1.22. The lowest BCUT2D eigenvalue weighted by Gasteiger charge is -2.34. The molecule has 2 aliphatic rings. The monoisotopic (exact) mass is 940 g/mol. The van der Waals surface area contributed by atoms with Crippen LogP contribution in [0.2, 0.25) is 0 Å². The van der Waals surface area contributed by atoms with Gasteiger partial charge in [-0.2, -0.15) is 8.78 Å². The van der Waals surface area contributed by atoms with E-state index in [1.54, 1.807) is 24.6 Å². The number of rotatable bonds is 14. The molecule has 0 amide bonds. The van der Waals surface area contributed by atoms with Crippen molar-refractivity contribution in [1.82, 2.24) is 0 Å². The zero-order valence-corrected chi connectivity index (χ0v) is 39.1. The maximum atomic E-state index is 15.2. The average Bonchev–Trinajstić information content (AvgIpc) is 3.39. The van der Waals surface area contributed by atoms with Gasteiger partial charge in [-0.05, 0) is 72.6 Å².